The average molecular weight is 1090 g/mol. The minimum absolute atomic E-state index is 0.0183. The Hall–Kier alpha value is -8.02. The first-order valence-corrected chi connectivity index (χ1v) is 29.8. The minimum Gasteiger partial charge on any atom is -0.507 e. The van der Waals surface area contributed by atoms with Gasteiger partial charge in [-0.05, 0) is 162 Å². The van der Waals surface area contributed by atoms with Crippen LogP contribution in [0.1, 0.15) is 158 Å². The second-order valence-corrected chi connectivity index (χ2v) is 29.5. The van der Waals surface area contributed by atoms with Crippen molar-refractivity contribution < 1.29 is 5.11 Å². The molecule has 3 heterocycles. The van der Waals surface area contributed by atoms with E-state index in [0.717, 1.165) is 72.6 Å². The predicted molar refractivity (Wildman–Crippen MR) is 354 cm³/mol. The summed E-state index contributed by atoms with van der Waals surface area (Å²) in [5.74, 6) is 0.943. The smallest absolute Gasteiger partial charge is 0.149 e. The molecule has 0 saturated heterocycles. The maximum Gasteiger partial charge on any atom is 0.149 e. The molecular formula is C78H84N4O. The van der Waals surface area contributed by atoms with Gasteiger partial charge in [-0.2, -0.15) is 0 Å². The third-order valence-corrected chi connectivity index (χ3v) is 17.0. The summed E-state index contributed by atoms with van der Waals surface area (Å²) in [5, 5.41) is 15.3. The van der Waals surface area contributed by atoms with Crippen LogP contribution >= 0.6 is 0 Å². The maximum atomic E-state index is 12.8. The molecule has 0 aliphatic heterocycles. The third-order valence-electron chi connectivity index (χ3n) is 17.0. The molecule has 83 heavy (non-hydrogen) atoms. The van der Waals surface area contributed by atoms with Crippen molar-refractivity contribution in [1.29, 1.82) is 0 Å². The first-order valence-electron chi connectivity index (χ1n) is 29.8. The zero-order valence-electron chi connectivity index (χ0n) is 52.5. The van der Waals surface area contributed by atoms with E-state index in [-0.39, 0.29) is 38.2 Å². The van der Waals surface area contributed by atoms with E-state index in [0.29, 0.717) is 11.4 Å². The molecule has 5 heteroatoms. The van der Waals surface area contributed by atoms with E-state index in [9.17, 15) is 5.11 Å². The lowest BCUT2D eigenvalue weighted by Crippen LogP contribution is -2.17. The number of phenolic OH excluding ortho intramolecular Hbond substituents is 1. The Morgan fingerprint density at radius 3 is 1.55 bits per heavy atom. The molecule has 3 aromatic heterocycles. The van der Waals surface area contributed by atoms with Crippen molar-refractivity contribution in [1.82, 2.24) is 19.1 Å². The van der Waals surface area contributed by atoms with E-state index in [1.807, 2.05) is 6.20 Å². The molecule has 0 unspecified atom stereocenters. The highest BCUT2D eigenvalue weighted by Gasteiger charge is 2.31. The Balaban J connectivity index is 1.18. The lowest BCUT2D eigenvalue weighted by atomic mass is 9.79. The molecule has 0 radical (unpaired) electrons. The summed E-state index contributed by atoms with van der Waals surface area (Å²) in [6, 6.07) is 62.8. The molecule has 0 spiro atoms. The molecule has 0 fully saturated rings. The van der Waals surface area contributed by atoms with Crippen molar-refractivity contribution in [3.8, 4) is 73.2 Å². The van der Waals surface area contributed by atoms with Crippen LogP contribution in [0.3, 0.4) is 0 Å². The van der Waals surface area contributed by atoms with Crippen LogP contribution in [0.4, 0.5) is 0 Å². The van der Waals surface area contributed by atoms with Crippen molar-refractivity contribution in [2.24, 2.45) is 0 Å². The second-order valence-electron chi connectivity index (χ2n) is 29.5. The van der Waals surface area contributed by atoms with Crippen molar-refractivity contribution in [3.63, 3.8) is 0 Å². The number of para-hydroxylation sites is 2. The first-order chi connectivity index (χ1) is 38.9. The standard InChI is InChI=1S/C78H84N4O/c1-73(2,3)52-32-34-66(59(42-52)48-26-21-19-22-27-48)82-68-31-25-30-58(69(68)80-72(82)63-46-56(77(13,14)15)47-64(71(63)83)78(16,17)18)50-38-51(40-54(39-50)75(7,8)9)65-41-49(36-37-79-65)60-44-55(76(10,11)12)45-62-61-43-53(74(4,5)6)33-35-67(61)81(70(60)62)57-28-23-20-24-29-57/h19-47,83H,1-18H3. The number of hydrogen-bond acceptors (Lipinski definition) is 3. The lowest BCUT2D eigenvalue weighted by Gasteiger charge is -2.28. The largest absolute Gasteiger partial charge is 0.507 e. The number of benzene rings is 8. The third kappa shape index (κ3) is 10.6. The molecule has 422 valence electrons. The Morgan fingerprint density at radius 1 is 0.361 bits per heavy atom. The minimum atomic E-state index is -0.349. The Bertz CT molecular complexity index is 4300. The molecule has 0 amide bonds. The average Bonchev–Trinajstić information content (AvgIpc) is 4.21. The van der Waals surface area contributed by atoms with Gasteiger partial charge >= 0.3 is 0 Å². The highest BCUT2D eigenvalue weighted by atomic mass is 16.3. The molecular weight excluding hydrogens is 1010 g/mol. The Labute approximate surface area is 494 Å². The van der Waals surface area contributed by atoms with Crippen molar-refractivity contribution in [2.75, 3.05) is 0 Å². The van der Waals surface area contributed by atoms with Gasteiger partial charge in [-0.25, -0.2) is 4.98 Å². The topological polar surface area (TPSA) is 55.9 Å². The Morgan fingerprint density at radius 2 is 0.916 bits per heavy atom. The van der Waals surface area contributed by atoms with Gasteiger partial charge in [-0.15, -0.1) is 0 Å². The van der Waals surface area contributed by atoms with Gasteiger partial charge in [0, 0.05) is 50.5 Å². The zero-order chi connectivity index (χ0) is 59.5. The van der Waals surface area contributed by atoms with Gasteiger partial charge in [-0.3, -0.25) is 9.55 Å². The summed E-state index contributed by atoms with van der Waals surface area (Å²) in [5.41, 5.74) is 21.5. The van der Waals surface area contributed by atoms with E-state index in [1.165, 1.54) is 49.6 Å². The molecule has 0 saturated carbocycles. The number of aromatic hydroxyl groups is 1. The molecule has 5 nitrogen and oxygen atoms in total. The molecule has 0 aliphatic carbocycles. The summed E-state index contributed by atoms with van der Waals surface area (Å²) >= 11 is 0. The molecule has 11 aromatic rings. The molecule has 8 aromatic carbocycles. The number of hydrogen-bond donors (Lipinski definition) is 1. The van der Waals surface area contributed by atoms with Crippen LogP contribution in [0.5, 0.6) is 5.75 Å². The lowest BCUT2D eigenvalue weighted by molar-refractivity contribution is 0.446. The number of fused-ring (bicyclic) bond motifs is 4. The number of phenols is 1. The van der Waals surface area contributed by atoms with Crippen LogP contribution in [-0.4, -0.2) is 24.2 Å². The molecule has 0 atom stereocenters. The van der Waals surface area contributed by atoms with Gasteiger partial charge in [-0.1, -0.05) is 210 Å². The number of pyridine rings is 1. The first kappa shape index (κ1) is 56.8. The van der Waals surface area contributed by atoms with Crippen LogP contribution in [0, 0.1) is 0 Å². The predicted octanol–water partition coefficient (Wildman–Crippen LogP) is 21.3. The fourth-order valence-electron chi connectivity index (χ4n) is 11.8. The van der Waals surface area contributed by atoms with Crippen LogP contribution in [0.15, 0.2) is 176 Å². The van der Waals surface area contributed by atoms with E-state index in [1.54, 1.807) is 0 Å². The summed E-state index contributed by atoms with van der Waals surface area (Å²) in [6.07, 6.45) is 1.99. The van der Waals surface area contributed by atoms with Gasteiger partial charge in [0.15, 0.2) is 0 Å². The van der Waals surface area contributed by atoms with Gasteiger partial charge in [0.25, 0.3) is 0 Å². The Kier molecular flexibility index (Phi) is 13.8. The van der Waals surface area contributed by atoms with Gasteiger partial charge < -0.3 is 9.67 Å². The number of imidazole rings is 1. The second kappa shape index (κ2) is 20.1. The molecule has 0 aliphatic rings. The van der Waals surface area contributed by atoms with E-state index in [2.05, 4.69) is 304 Å². The van der Waals surface area contributed by atoms with Crippen LogP contribution < -0.4 is 0 Å². The highest BCUT2D eigenvalue weighted by Crippen LogP contribution is 2.48. The zero-order valence-corrected chi connectivity index (χ0v) is 52.5. The summed E-state index contributed by atoms with van der Waals surface area (Å²) in [7, 11) is 0. The monoisotopic (exact) mass is 1090 g/mol. The van der Waals surface area contributed by atoms with Gasteiger partial charge in [0.2, 0.25) is 0 Å². The SMILES string of the molecule is CC(C)(C)c1cc(-c2cc(-c3cc(C(C)(C)C)cc4c5cc(C(C)(C)C)ccc5n(-c5ccccc5)c34)ccn2)cc(-c2cccc3c2nc(-c2cc(C(C)(C)C)cc(C(C)(C)C)c2O)n3-c2ccc(C(C)(C)C)cc2-c2ccccc2)c1. The number of aromatic nitrogens is 4. The van der Waals surface area contributed by atoms with E-state index >= 15 is 0 Å². The normalized spacial score (nSPS) is 13.0. The fourth-order valence-corrected chi connectivity index (χ4v) is 11.8. The number of rotatable bonds is 7. The highest BCUT2D eigenvalue weighted by molar-refractivity contribution is 6.14. The van der Waals surface area contributed by atoms with Crippen molar-refractivity contribution in [2.45, 2.75) is 157 Å². The molecule has 11 rings (SSSR count). The van der Waals surface area contributed by atoms with E-state index in [4.69, 9.17) is 9.97 Å². The van der Waals surface area contributed by atoms with Gasteiger partial charge in [0.05, 0.1) is 39.0 Å². The molecule has 1 N–H and O–H groups in total. The maximum absolute atomic E-state index is 12.8. The summed E-state index contributed by atoms with van der Waals surface area (Å²) in [4.78, 5) is 11.0. The van der Waals surface area contributed by atoms with Crippen LogP contribution in [0.2, 0.25) is 0 Å². The quantitative estimate of drug-likeness (QED) is 0.173. The fraction of sp³-hybridized carbons (Fsp3) is 0.308. The van der Waals surface area contributed by atoms with E-state index < -0.39 is 0 Å². The summed E-state index contributed by atoms with van der Waals surface area (Å²) < 4.78 is 4.78. The van der Waals surface area contributed by atoms with Gasteiger partial charge in [0.1, 0.15) is 11.6 Å². The van der Waals surface area contributed by atoms with Crippen LogP contribution in [0.25, 0.3) is 100 Å². The van der Waals surface area contributed by atoms with Crippen LogP contribution in [-0.2, 0) is 32.5 Å². The number of nitrogens with zero attached hydrogens (tertiary/aromatic N) is 4. The van der Waals surface area contributed by atoms with Crippen molar-refractivity contribution in [3.05, 3.63) is 209 Å². The molecule has 0 bridgehead atoms. The van der Waals surface area contributed by atoms with Crippen molar-refractivity contribution >= 4 is 32.8 Å². The summed E-state index contributed by atoms with van der Waals surface area (Å²) in [6.45, 7) is 40.8.